The molecule has 0 saturated carbocycles. The van der Waals surface area contributed by atoms with Gasteiger partial charge in [-0.05, 0) is 29.3 Å². The highest BCUT2D eigenvalue weighted by molar-refractivity contribution is 6.03. The lowest BCUT2D eigenvalue weighted by Crippen LogP contribution is -2.14. The van der Waals surface area contributed by atoms with Gasteiger partial charge in [0.05, 0.1) is 5.56 Å². The number of benzene rings is 1. The molecule has 1 aromatic carbocycles. The van der Waals surface area contributed by atoms with Crippen LogP contribution in [-0.2, 0) is 13.1 Å². The second-order valence-corrected chi connectivity index (χ2v) is 4.23. The second-order valence-electron chi connectivity index (χ2n) is 4.23. The fourth-order valence-corrected chi connectivity index (χ4v) is 2.12. The van der Waals surface area contributed by atoms with Crippen LogP contribution in [0.2, 0.25) is 0 Å². The molecule has 2 aromatic rings. The predicted molar refractivity (Wildman–Crippen MR) is 69.2 cm³/mol. The zero-order chi connectivity index (χ0) is 12.4. The molecule has 18 heavy (non-hydrogen) atoms. The molecule has 0 saturated heterocycles. The van der Waals surface area contributed by atoms with Crippen LogP contribution >= 0.6 is 0 Å². The van der Waals surface area contributed by atoms with Crippen LogP contribution in [0.3, 0.4) is 0 Å². The quantitative estimate of drug-likeness (QED) is 0.860. The van der Waals surface area contributed by atoms with E-state index in [9.17, 15) is 4.79 Å². The Bertz CT molecular complexity index is 581. The SMILES string of the molecule is O=C1NCc2cccc(NCc3ccncc3)c21. The second kappa shape index (κ2) is 4.49. The Hall–Kier alpha value is -2.36. The largest absolute Gasteiger partial charge is 0.380 e. The number of hydrogen-bond donors (Lipinski definition) is 2. The van der Waals surface area contributed by atoms with E-state index in [2.05, 4.69) is 15.6 Å². The highest BCUT2D eigenvalue weighted by Crippen LogP contribution is 2.24. The topological polar surface area (TPSA) is 54.0 Å². The van der Waals surface area contributed by atoms with Gasteiger partial charge in [-0.1, -0.05) is 12.1 Å². The summed E-state index contributed by atoms with van der Waals surface area (Å²) in [6, 6.07) is 9.79. The molecule has 1 aromatic heterocycles. The molecule has 0 atom stereocenters. The van der Waals surface area contributed by atoms with Crippen molar-refractivity contribution in [1.82, 2.24) is 10.3 Å². The number of aromatic nitrogens is 1. The van der Waals surface area contributed by atoms with Crippen LogP contribution in [0, 0.1) is 0 Å². The van der Waals surface area contributed by atoms with E-state index in [4.69, 9.17) is 0 Å². The maximum atomic E-state index is 11.7. The van der Waals surface area contributed by atoms with Crippen molar-refractivity contribution in [2.45, 2.75) is 13.1 Å². The van der Waals surface area contributed by atoms with Crippen molar-refractivity contribution < 1.29 is 4.79 Å². The van der Waals surface area contributed by atoms with Crippen molar-refractivity contribution in [1.29, 1.82) is 0 Å². The van der Waals surface area contributed by atoms with E-state index in [0.717, 1.165) is 22.4 Å². The first kappa shape index (κ1) is 10.8. The summed E-state index contributed by atoms with van der Waals surface area (Å²) in [6.45, 7) is 1.31. The molecule has 0 fully saturated rings. The number of hydrogen-bond acceptors (Lipinski definition) is 3. The first-order valence-corrected chi connectivity index (χ1v) is 5.87. The van der Waals surface area contributed by atoms with Crippen molar-refractivity contribution in [3.63, 3.8) is 0 Å². The number of nitrogens with zero attached hydrogens (tertiary/aromatic N) is 1. The molecule has 2 heterocycles. The number of fused-ring (bicyclic) bond motifs is 1. The summed E-state index contributed by atoms with van der Waals surface area (Å²) in [6.07, 6.45) is 3.53. The van der Waals surface area contributed by atoms with Gasteiger partial charge in [-0.3, -0.25) is 9.78 Å². The molecule has 3 rings (SSSR count). The summed E-state index contributed by atoms with van der Waals surface area (Å²) >= 11 is 0. The van der Waals surface area contributed by atoms with E-state index in [-0.39, 0.29) is 5.91 Å². The molecule has 0 spiro atoms. The number of carbonyl (C=O) groups excluding carboxylic acids is 1. The fourth-order valence-electron chi connectivity index (χ4n) is 2.12. The van der Waals surface area contributed by atoms with Crippen LogP contribution in [0.1, 0.15) is 21.5 Å². The zero-order valence-corrected chi connectivity index (χ0v) is 9.81. The first-order chi connectivity index (χ1) is 8.84. The van der Waals surface area contributed by atoms with Gasteiger partial charge in [0.25, 0.3) is 5.91 Å². The molecular formula is C14H13N3O. The van der Waals surface area contributed by atoms with Crippen LogP contribution < -0.4 is 10.6 Å². The fraction of sp³-hybridized carbons (Fsp3) is 0.143. The molecule has 90 valence electrons. The standard InChI is InChI=1S/C14H13N3O/c18-14-13-11(9-17-14)2-1-3-12(13)16-8-10-4-6-15-7-5-10/h1-7,16H,8-9H2,(H,17,18). The summed E-state index contributed by atoms with van der Waals surface area (Å²) in [5.74, 6) is 0.00262. The van der Waals surface area contributed by atoms with E-state index in [0.29, 0.717) is 13.1 Å². The molecule has 1 aliphatic rings. The molecule has 1 amide bonds. The van der Waals surface area contributed by atoms with Gasteiger partial charge in [0.15, 0.2) is 0 Å². The molecule has 4 heteroatoms. The molecular weight excluding hydrogens is 226 g/mol. The Kier molecular flexibility index (Phi) is 2.68. The molecule has 0 bridgehead atoms. The van der Waals surface area contributed by atoms with Crippen molar-refractivity contribution >= 4 is 11.6 Å². The van der Waals surface area contributed by atoms with E-state index in [1.54, 1.807) is 12.4 Å². The third-order valence-electron chi connectivity index (χ3n) is 3.05. The van der Waals surface area contributed by atoms with E-state index >= 15 is 0 Å². The minimum absolute atomic E-state index is 0.00262. The third-order valence-corrected chi connectivity index (χ3v) is 3.05. The molecule has 1 aliphatic heterocycles. The van der Waals surface area contributed by atoms with Gasteiger partial charge in [-0.15, -0.1) is 0 Å². The maximum absolute atomic E-state index is 11.7. The van der Waals surface area contributed by atoms with Gasteiger partial charge in [0, 0.05) is 31.2 Å². The van der Waals surface area contributed by atoms with E-state index in [1.807, 2.05) is 30.3 Å². The predicted octanol–water partition coefficient (Wildman–Crippen LogP) is 1.94. The third kappa shape index (κ3) is 1.93. The Labute approximate surface area is 105 Å². The van der Waals surface area contributed by atoms with Gasteiger partial charge in [0.2, 0.25) is 0 Å². The average molecular weight is 239 g/mol. The summed E-state index contributed by atoms with van der Waals surface area (Å²) in [5, 5.41) is 6.14. The molecule has 0 unspecified atom stereocenters. The molecule has 2 N–H and O–H groups in total. The zero-order valence-electron chi connectivity index (χ0n) is 9.81. The monoisotopic (exact) mass is 239 g/mol. The maximum Gasteiger partial charge on any atom is 0.253 e. The Balaban J connectivity index is 1.82. The summed E-state index contributed by atoms with van der Waals surface area (Å²) in [7, 11) is 0. The summed E-state index contributed by atoms with van der Waals surface area (Å²) < 4.78 is 0. The van der Waals surface area contributed by atoms with Crippen LogP contribution in [0.4, 0.5) is 5.69 Å². The minimum atomic E-state index is 0.00262. The molecule has 0 aliphatic carbocycles. The normalized spacial score (nSPS) is 13.0. The van der Waals surface area contributed by atoms with Crippen molar-refractivity contribution in [3.05, 3.63) is 59.4 Å². The number of rotatable bonds is 3. The molecule has 4 nitrogen and oxygen atoms in total. The minimum Gasteiger partial charge on any atom is -0.380 e. The number of pyridine rings is 1. The number of anilines is 1. The highest BCUT2D eigenvalue weighted by atomic mass is 16.1. The van der Waals surface area contributed by atoms with Gasteiger partial charge < -0.3 is 10.6 Å². The average Bonchev–Trinajstić information content (AvgIpc) is 2.80. The lowest BCUT2D eigenvalue weighted by atomic mass is 10.1. The van der Waals surface area contributed by atoms with Gasteiger partial charge in [-0.2, -0.15) is 0 Å². The van der Waals surface area contributed by atoms with Crippen molar-refractivity contribution in [2.75, 3.05) is 5.32 Å². The highest BCUT2D eigenvalue weighted by Gasteiger charge is 2.21. The van der Waals surface area contributed by atoms with Crippen LogP contribution in [0.15, 0.2) is 42.7 Å². The summed E-state index contributed by atoms with van der Waals surface area (Å²) in [4.78, 5) is 15.7. The number of carbonyl (C=O) groups is 1. The lowest BCUT2D eigenvalue weighted by molar-refractivity contribution is 0.0966. The van der Waals surface area contributed by atoms with Crippen molar-refractivity contribution in [3.8, 4) is 0 Å². The Morgan fingerprint density at radius 2 is 2.06 bits per heavy atom. The smallest absolute Gasteiger partial charge is 0.253 e. The first-order valence-electron chi connectivity index (χ1n) is 5.87. The van der Waals surface area contributed by atoms with Crippen LogP contribution in [0.25, 0.3) is 0 Å². The molecule has 0 radical (unpaired) electrons. The van der Waals surface area contributed by atoms with E-state index in [1.165, 1.54) is 0 Å². The van der Waals surface area contributed by atoms with Gasteiger partial charge in [-0.25, -0.2) is 0 Å². The van der Waals surface area contributed by atoms with Gasteiger partial charge >= 0.3 is 0 Å². The van der Waals surface area contributed by atoms with Crippen LogP contribution in [-0.4, -0.2) is 10.9 Å². The van der Waals surface area contributed by atoms with Crippen LogP contribution in [0.5, 0.6) is 0 Å². The number of nitrogens with one attached hydrogen (secondary N) is 2. The van der Waals surface area contributed by atoms with E-state index < -0.39 is 0 Å². The van der Waals surface area contributed by atoms with Crippen molar-refractivity contribution in [2.24, 2.45) is 0 Å². The lowest BCUT2D eigenvalue weighted by Gasteiger charge is -2.09. The summed E-state index contributed by atoms with van der Waals surface area (Å²) in [5.41, 5.74) is 3.85. The Morgan fingerprint density at radius 3 is 2.89 bits per heavy atom. The van der Waals surface area contributed by atoms with Gasteiger partial charge in [0.1, 0.15) is 0 Å². The number of amides is 1. The Morgan fingerprint density at radius 1 is 1.22 bits per heavy atom.